The first kappa shape index (κ1) is 21.7. The minimum atomic E-state index is -3.62. The third-order valence-electron chi connectivity index (χ3n) is 6.75. The molecule has 0 unspecified atom stereocenters. The van der Waals surface area contributed by atoms with Gasteiger partial charge in [-0.2, -0.15) is 4.31 Å². The van der Waals surface area contributed by atoms with Gasteiger partial charge in [0.15, 0.2) is 5.65 Å². The highest BCUT2D eigenvalue weighted by Crippen LogP contribution is 2.39. The van der Waals surface area contributed by atoms with E-state index in [1.54, 1.807) is 16.4 Å². The number of aromatic nitrogens is 3. The van der Waals surface area contributed by atoms with Gasteiger partial charge in [0.05, 0.1) is 17.0 Å². The SMILES string of the molecule is COc1ccc(S(=O)(=O)N2CCC(n3c(C4CCCC4)nc4cccnc43)CC2)cc1Cl. The van der Waals surface area contributed by atoms with E-state index in [0.717, 1.165) is 42.7 Å². The van der Waals surface area contributed by atoms with Crippen LogP contribution in [-0.2, 0) is 10.0 Å². The molecule has 5 rings (SSSR count). The van der Waals surface area contributed by atoms with Gasteiger partial charge in [-0.1, -0.05) is 24.4 Å². The van der Waals surface area contributed by atoms with Crippen molar-refractivity contribution in [2.24, 2.45) is 0 Å². The molecule has 3 heterocycles. The second-order valence-corrected chi connectivity index (χ2v) is 10.9. The molecule has 9 heteroatoms. The van der Waals surface area contributed by atoms with E-state index in [1.807, 2.05) is 18.3 Å². The van der Waals surface area contributed by atoms with Crippen LogP contribution < -0.4 is 4.74 Å². The smallest absolute Gasteiger partial charge is 0.243 e. The summed E-state index contributed by atoms with van der Waals surface area (Å²) in [4.78, 5) is 9.78. The Bertz CT molecular complexity index is 1230. The molecule has 2 aromatic heterocycles. The minimum Gasteiger partial charge on any atom is -0.495 e. The molecule has 1 aliphatic carbocycles. The van der Waals surface area contributed by atoms with Crippen molar-refractivity contribution >= 4 is 32.8 Å². The van der Waals surface area contributed by atoms with Gasteiger partial charge in [-0.05, 0) is 56.0 Å². The molecule has 1 aliphatic heterocycles. The molecule has 2 aliphatic rings. The van der Waals surface area contributed by atoms with Crippen LogP contribution in [0.3, 0.4) is 0 Å². The van der Waals surface area contributed by atoms with Crippen molar-refractivity contribution in [3.63, 3.8) is 0 Å². The number of methoxy groups -OCH3 is 1. The van der Waals surface area contributed by atoms with Crippen LogP contribution in [0, 0.1) is 0 Å². The van der Waals surface area contributed by atoms with Crippen molar-refractivity contribution in [1.82, 2.24) is 18.8 Å². The largest absolute Gasteiger partial charge is 0.495 e. The van der Waals surface area contributed by atoms with E-state index < -0.39 is 10.0 Å². The maximum atomic E-state index is 13.2. The Balaban J connectivity index is 1.40. The standard InChI is InChI=1S/C23H27ClN4O3S/c1-31-21-9-8-18(15-19(21)24)32(29,30)27-13-10-17(11-14-27)28-22(16-5-2-3-6-16)26-20-7-4-12-25-23(20)28/h4,7-9,12,15-17H,2-3,5-6,10-11,13-14H2,1H3. The normalized spacial score (nSPS) is 19.1. The molecule has 32 heavy (non-hydrogen) atoms. The number of hydrogen-bond acceptors (Lipinski definition) is 5. The summed E-state index contributed by atoms with van der Waals surface area (Å²) in [6.45, 7) is 0.903. The number of piperidine rings is 1. The number of sulfonamides is 1. The fourth-order valence-electron chi connectivity index (χ4n) is 5.08. The number of rotatable bonds is 5. The van der Waals surface area contributed by atoms with Crippen molar-refractivity contribution in [1.29, 1.82) is 0 Å². The molecule has 170 valence electrons. The molecule has 0 amide bonds. The van der Waals surface area contributed by atoms with Crippen LogP contribution in [0.2, 0.25) is 5.02 Å². The second-order valence-electron chi connectivity index (χ2n) is 8.60. The molecular weight excluding hydrogens is 448 g/mol. The highest BCUT2D eigenvalue weighted by Gasteiger charge is 2.33. The molecule has 0 atom stereocenters. The first-order valence-corrected chi connectivity index (χ1v) is 13.0. The third kappa shape index (κ3) is 3.78. The van der Waals surface area contributed by atoms with E-state index in [2.05, 4.69) is 9.55 Å². The maximum absolute atomic E-state index is 13.2. The zero-order valence-electron chi connectivity index (χ0n) is 18.1. The third-order valence-corrected chi connectivity index (χ3v) is 8.94. The lowest BCUT2D eigenvalue weighted by molar-refractivity contribution is 0.271. The lowest BCUT2D eigenvalue weighted by Crippen LogP contribution is -2.39. The summed E-state index contributed by atoms with van der Waals surface area (Å²) in [6.07, 6.45) is 8.07. The average molecular weight is 475 g/mol. The van der Waals surface area contributed by atoms with Crippen LogP contribution in [0.15, 0.2) is 41.4 Å². The van der Waals surface area contributed by atoms with E-state index >= 15 is 0 Å². The maximum Gasteiger partial charge on any atom is 0.243 e. The molecular formula is C23H27ClN4O3S. The van der Waals surface area contributed by atoms with Gasteiger partial charge >= 0.3 is 0 Å². The van der Waals surface area contributed by atoms with Crippen molar-refractivity contribution in [3.8, 4) is 5.75 Å². The predicted octanol–water partition coefficient (Wildman–Crippen LogP) is 4.78. The fourth-order valence-corrected chi connectivity index (χ4v) is 6.90. The fraction of sp³-hybridized carbons (Fsp3) is 0.478. The highest BCUT2D eigenvalue weighted by molar-refractivity contribution is 7.89. The predicted molar refractivity (Wildman–Crippen MR) is 124 cm³/mol. The topological polar surface area (TPSA) is 77.3 Å². The van der Waals surface area contributed by atoms with Gasteiger partial charge in [0, 0.05) is 31.2 Å². The molecule has 1 saturated heterocycles. The lowest BCUT2D eigenvalue weighted by atomic mass is 10.0. The van der Waals surface area contributed by atoms with Gasteiger partial charge in [-0.15, -0.1) is 0 Å². The monoisotopic (exact) mass is 474 g/mol. The molecule has 0 spiro atoms. The summed E-state index contributed by atoms with van der Waals surface area (Å²) in [6, 6.07) is 8.75. The van der Waals surface area contributed by atoms with Crippen LogP contribution in [0.25, 0.3) is 11.2 Å². The van der Waals surface area contributed by atoms with Crippen molar-refractivity contribution < 1.29 is 13.2 Å². The Hall–Kier alpha value is -2.16. The van der Waals surface area contributed by atoms with E-state index in [-0.39, 0.29) is 10.9 Å². The number of ether oxygens (including phenoxy) is 1. The summed E-state index contributed by atoms with van der Waals surface area (Å²) in [5.41, 5.74) is 1.84. The first-order valence-electron chi connectivity index (χ1n) is 11.2. The van der Waals surface area contributed by atoms with Crippen molar-refractivity contribution in [2.45, 2.75) is 55.4 Å². The highest BCUT2D eigenvalue weighted by atomic mass is 35.5. The van der Waals surface area contributed by atoms with Crippen LogP contribution in [-0.4, -0.2) is 47.5 Å². The zero-order valence-corrected chi connectivity index (χ0v) is 19.6. The van der Waals surface area contributed by atoms with Crippen LogP contribution >= 0.6 is 11.6 Å². The number of pyridine rings is 1. The Morgan fingerprint density at radius 1 is 1.09 bits per heavy atom. The molecule has 2 fully saturated rings. The first-order chi connectivity index (χ1) is 15.5. The second kappa shape index (κ2) is 8.65. The molecule has 3 aromatic rings. The number of fused-ring (bicyclic) bond motifs is 1. The summed E-state index contributed by atoms with van der Waals surface area (Å²) in [5, 5.41) is 0.292. The van der Waals surface area contributed by atoms with E-state index in [0.29, 0.717) is 29.8 Å². The molecule has 1 saturated carbocycles. The molecule has 1 aromatic carbocycles. The van der Waals surface area contributed by atoms with Gasteiger partial charge in [-0.25, -0.2) is 18.4 Å². The number of nitrogens with zero attached hydrogens (tertiary/aromatic N) is 4. The van der Waals surface area contributed by atoms with Gasteiger partial charge in [0.1, 0.15) is 17.1 Å². The summed E-state index contributed by atoms with van der Waals surface area (Å²) in [5.74, 6) is 2.05. The number of imidazole rings is 1. The molecule has 7 nitrogen and oxygen atoms in total. The number of hydrogen-bond donors (Lipinski definition) is 0. The van der Waals surface area contributed by atoms with Crippen LogP contribution in [0.1, 0.15) is 56.3 Å². The Morgan fingerprint density at radius 3 is 2.53 bits per heavy atom. The van der Waals surface area contributed by atoms with E-state index in [9.17, 15) is 8.42 Å². The quantitative estimate of drug-likeness (QED) is 0.532. The Kier molecular flexibility index (Phi) is 5.86. The van der Waals surface area contributed by atoms with Crippen LogP contribution in [0.4, 0.5) is 0 Å². The average Bonchev–Trinajstić information content (AvgIpc) is 3.47. The van der Waals surface area contributed by atoms with Crippen molar-refractivity contribution in [2.75, 3.05) is 20.2 Å². The Labute approximate surface area is 193 Å². The van der Waals surface area contributed by atoms with E-state index in [1.165, 1.54) is 26.0 Å². The number of benzene rings is 1. The Morgan fingerprint density at radius 2 is 1.84 bits per heavy atom. The van der Waals surface area contributed by atoms with Gasteiger partial charge in [0.2, 0.25) is 10.0 Å². The number of halogens is 1. The lowest BCUT2D eigenvalue weighted by Gasteiger charge is -2.33. The van der Waals surface area contributed by atoms with Crippen LogP contribution in [0.5, 0.6) is 5.75 Å². The summed E-state index contributed by atoms with van der Waals surface area (Å²) in [7, 11) is -2.11. The van der Waals surface area contributed by atoms with E-state index in [4.69, 9.17) is 21.3 Å². The molecule has 0 bridgehead atoms. The van der Waals surface area contributed by atoms with Gasteiger partial charge in [-0.3, -0.25) is 0 Å². The summed E-state index contributed by atoms with van der Waals surface area (Å²) >= 11 is 6.18. The molecule has 0 radical (unpaired) electrons. The minimum absolute atomic E-state index is 0.191. The van der Waals surface area contributed by atoms with Gasteiger partial charge in [0.25, 0.3) is 0 Å². The summed E-state index contributed by atoms with van der Waals surface area (Å²) < 4.78 is 35.4. The van der Waals surface area contributed by atoms with Crippen molar-refractivity contribution in [3.05, 3.63) is 47.4 Å². The zero-order chi connectivity index (χ0) is 22.3. The van der Waals surface area contributed by atoms with Gasteiger partial charge < -0.3 is 9.30 Å². The molecule has 0 N–H and O–H groups in total.